The highest BCUT2D eigenvalue weighted by atomic mass is 16.6. The van der Waals surface area contributed by atoms with E-state index in [4.69, 9.17) is 4.74 Å². The summed E-state index contributed by atoms with van der Waals surface area (Å²) in [6.45, 7) is 10.8. The Morgan fingerprint density at radius 2 is 1.83 bits per heavy atom. The van der Waals surface area contributed by atoms with E-state index in [0.717, 1.165) is 16.9 Å². The lowest BCUT2D eigenvalue weighted by atomic mass is 9.90. The summed E-state index contributed by atoms with van der Waals surface area (Å²) in [5, 5.41) is 7.59. The molecule has 4 rings (SSSR count). The summed E-state index contributed by atoms with van der Waals surface area (Å²) in [6, 6.07) is 9.79. The van der Waals surface area contributed by atoms with Gasteiger partial charge < -0.3 is 15.0 Å². The van der Waals surface area contributed by atoms with Crippen molar-refractivity contribution in [2.75, 3.05) is 18.4 Å². The fourth-order valence-corrected chi connectivity index (χ4v) is 4.46. The molecule has 1 aliphatic heterocycles. The van der Waals surface area contributed by atoms with Crippen molar-refractivity contribution in [2.24, 2.45) is 0 Å². The van der Waals surface area contributed by atoms with Gasteiger partial charge in [-0.2, -0.15) is 5.10 Å². The van der Waals surface area contributed by atoms with Crippen LogP contribution in [-0.2, 0) is 4.74 Å². The molecule has 0 atom stereocenters. The van der Waals surface area contributed by atoms with Crippen LogP contribution in [0.4, 0.5) is 10.5 Å². The number of carbonyl (C=O) groups is 2. The summed E-state index contributed by atoms with van der Waals surface area (Å²) in [6.07, 6.45) is 6.05. The molecule has 3 heterocycles. The maximum atomic E-state index is 13.3. The van der Waals surface area contributed by atoms with Crippen molar-refractivity contribution >= 4 is 17.7 Å². The third kappa shape index (κ3) is 5.70. The van der Waals surface area contributed by atoms with Gasteiger partial charge in [-0.3, -0.25) is 9.78 Å². The van der Waals surface area contributed by atoms with E-state index in [1.807, 2.05) is 44.5 Å². The van der Waals surface area contributed by atoms with Crippen LogP contribution in [-0.4, -0.2) is 50.4 Å². The van der Waals surface area contributed by atoms with E-state index in [-0.39, 0.29) is 17.9 Å². The highest BCUT2D eigenvalue weighted by molar-refractivity contribution is 6.05. The van der Waals surface area contributed by atoms with E-state index >= 15 is 0 Å². The van der Waals surface area contributed by atoms with Crippen LogP contribution < -0.4 is 5.32 Å². The Hall–Kier alpha value is -3.68. The maximum Gasteiger partial charge on any atom is 0.410 e. The number of aryl methyl sites for hydroxylation is 2. The lowest BCUT2D eigenvalue weighted by Gasteiger charge is -2.34. The second-order valence-electron chi connectivity index (χ2n) is 10.1. The van der Waals surface area contributed by atoms with Gasteiger partial charge in [0.1, 0.15) is 5.60 Å². The molecule has 8 heteroatoms. The number of hydrogen-bond donors (Lipinski definition) is 1. The fraction of sp³-hybridized carbons (Fsp3) is 0.407. The first-order chi connectivity index (χ1) is 16.6. The minimum atomic E-state index is -0.535. The summed E-state index contributed by atoms with van der Waals surface area (Å²) in [5.41, 5.74) is 4.68. The Labute approximate surface area is 206 Å². The van der Waals surface area contributed by atoms with Gasteiger partial charge >= 0.3 is 6.09 Å². The lowest BCUT2D eigenvalue weighted by molar-refractivity contribution is 0.0203. The number of anilines is 1. The van der Waals surface area contributed by atoms with Crippen LogP contribution in [0.2, 0.25) is 0 Å². The zero-order valence-corrected chi connectivity index (χ0v) is 21.0. The number of piperidine rings is 1. The van der Waals surface area contributed by atoms with Crippen molar-refractivity contribution in [3.05, 3.63) is 71.3 Å². The molecule has 0 spiro atoms. The zero-order chi connectivity index (χ0) is 25.2. The molecule has 1 aliphatic rings. The van der Waals surface area contributed by atoms with Crippen LogP contribution in [0.15, 0.2) is 48.9 Å². The second kappa shape index (κ2) is 9.90. The molecule has 0 radical (unpaired) electrons. The molecular weight excluding hydrogens is 442 g/mol. The van der Waals surface area contributed by atoms with Crippen LogP contribution in [0.5, 0.6) is 0 Å². The number of nitrogens with zero attached hydrogens (tertiary/aromatic N) is 4. The molecule has 1 N–H and O–H groups in total. The third-order valence-corrected chi connectivity index (χ3v) is 6.08. The Balaban J connectivity index is 1.64. The van der Waals surface area contributed by atoms with Crippen LogP contribution >= 0.6 is 0 Å². The number of benzene rings is 1. The van der Waals surface area contributed by atoms with Crippen molar-refractivity contribution in [3.8, 4) is 5.69 Å². The van der Waals surface area contributed by atoms with Crippen LogP contribution in [0.25, 0.3) is 5.69 Å². The number of carbonyl (C=O) groups excluding carboxylic acids is 2. The highest BCUT2D eigenvalue weighted by Gasteiger charge is 2.32. The standard InChI is InChI=1S/C27H33N5O3/c1-18-8-9-23(19(2)15-18)32-24(20-10-13-31(14-11-20)26(34)35-27(3,4)5)22(17-29-32)25(33)30-21-7-6-12-28-16-21/h6-9,12,15-17,20H,10-11,13-14H2,1-5H3,(H,30,33). The molecule has 1 saturated heterocycles. The van der Waals surface area contributed by atoms with Crippen LogP contribution in [0.1, 0.15) is 66.7 Å². The van der Waals surface area contributed by atoms with E-state index < -0.39 is 5.60 Å². The first kappa shape index (κ1) is 24.4. The van der Waals surface area contributed by atoms with Gasteiger partial charge in [-0.15, -0.1) is 0 Å². The fourth-order valence-electron chi connectivity index (χ4n) is 4.46. The molecule has 2 aromatic heterocycles. The molecule has 1 aromatic carbocycles. The Bertz CT molecular complexity index is 1210. The highest BCUT2D eigenvalue weighted by Crippen LogP contribution is 2.34. The number of amides is 2. The number of nitrogens with one attached hydrogen (secondary N) is 1. The number of hydrogen-bond acceptors (Lipinski definition) is 5. The van der Waals surface area contributed by atoms with E-state index in [2.05, 4.69) is 28.4 Å². The Kier molecular flexibility index (Phi) is 6.91. The second-order valence-corrected chi connectivity index (χ2v) is 10.1. The number of likely N-dealkylation sites (tertiary alicyclic amines) is 1. The molecule has 0 unspecified atom stereocenters. The van der Waals surface area contributed by atoms with Crippen LogP contribution in [0.3, 0.4) is 0 Å². The van der Waals surface area contributed by atoms with Gasteiger partial charge in [0.2, 0.25) is 0 Å². The molecule has 8 nitrogen and oxygen atoms in total. The third-order valence-electron chi connectivity index (χ3n) is 6.08. The van der Waals surface area contributed by atoms with E-state index in [0.29, 0.717) is 37.2 Å². The first-order valence-corrected chi connectivity index (χ1v) is 12.0. The Morgan fingerprint density at radius 3 is 2.46 bits per heavy atom. The predicted octanol–water partition coefficient (Wildman–Crippen LogP) is 5.25. The van der Waals surface area contributed by atoms with E-state index in [1.165, 1.54) is 5.56 Å². The van der Waals surface area contributed by atoms with Gasteiger partial charge in [-0.05, 0) is 71.2 Å². The van der Waals surface area contributed by atoms with Crippen molar-refractivity contribution < 1.29 is 14.3 Å². The summed E-state index contributed by atoms with van der Waals surface area (Å²) >= 11 is 0. The number of aromatic nitrogens is 3. The van der Waals surface area contributed by atoms with Crippen molar-refractivity contribution in [3.63, 3.8) is 0 Å². The molecule has 0 bridgehead atoms. The lowest BCUT2D eigenvalue weighted by Crippen LogP contribution is -2.41. The number of rotatable bonds is 4. The van der Waals surface area contributed by atoms with Gasteiger partial charge in [-0.1, -0.05) is 17.7 Å². The van der Waals surface area contributed by atoms with Gasteiger partial charge in [0, 0.05) is 25.2 Å². The minimum absolute atomic E-state index is 0.0616. The molecule has 1 fully saturated rings. The monoisotopic (exact) mass is 475 g/mol. The predicted molar refractivity (Wildman–Crippen MR) is 135 cm³/mol. The molecule has 0 saturated carbocycles. The summed E-state index contributed by atoms with van der Waals surface area (Å²) in [4.78, 5) is 31.7. The topological polar surface area (TPSA) is 89.4 Å². The molecule has 184 valence electrons. The van der Waals surface area contributed by atoms with Crippen molar-refractivity contribution in [1.29, 1.82) is 0 Å². The SMILES string of the molecule is Cc1ccc(-n2ncc(C(=O)Nc3cccnc3)c2C2CCN(C(=O)OC(C)(C)C)CC2)c(C)c1. The molecule has 35 heavy (non-hydrogen) atoms. The van der Waals surface area contributed by atoms with Gasteiger partial charge in [-0.25, -0.2) is 9.48 Å². The zero-order valence-electron chi connectivity index (χ0n) is 21.0. The van der Waals surface area contributed by atoms with Crippen molar-refractivity contribution in [2.45, 2.75) is 59.0 Å². The summed E-state index contributed by atoms with van der Waals surface area (Å²) < 4.78 is 7.44. The Morgan fingerprint density at radius 1 is 1.09 bits per heavy atom. The normalized spacial score (nSPS) is 14.6. The summed E-state index contributed by atoms with van der Waals surface area (Å²) in [5.74, 6) is -0.162. The maximum absolute atomic E-state index is 13.3. The smallest absolute Gasteiger partial charge is 0.410 e. The molecular formula is C27H33N5O3. The number of ether oxygens (including phenoxy) is 1. The average molecular weight is 476 g/mol. The average Bonchev–Trinajstić information content (AvgIpc) is 3.24. The first-order valence-electron chi connectivity index (χ1n) is 12.0. The minimum Gasteiger partial charge on any atom is -0.444 e. The molecule has 3 aromatic rings. The quantitative estimate of drug-likeness (QED) is 0.557. The summed E-state index contributed by atoms with van der Waals surface area (Å²) in [7, 11) is 0. The van der Waals surface area contributed by atoms with Crippen molar-refractivity contribution in [1.82, 2.24) is 19.7 Å². The van der Waals surface area contributed by atoms with E-state index in [9.17, 15) is 9.59 Å². The van der Waals surface area contributed by atoms with E-state index in [1.54, 1.807) is 35.6 Å². The largest absolute Gasteiger partial charge is 0.444 e. The van der Waals surface area contributed by atoms with Crippen LogP contribution in [0, 0.1) is 13.8 Å². The van der Waals surface area contributed by atoms with Gasteiger partial charge in [0.15, 0.2) is 0 Å². The number of pyridine rings is 1. The molecule has 0 aliphatic carbocycles. The van der Waals surface area contributed by atoms with Gasteiger partial charge in [0.25, 0.3) is 5.91 Å². The van der Waals surface area contributed by atoms with Gasteiger partial charge in [0.05, 0.1) is 35.0 Å². The molecule has 2 amide bonds.